The number of nitrogen functional groups attached to an aromatic ring is 1. The Morgan fingerprint density at radius 3 is 2.40 bits per heavy atom. The van der Waals surface area contributed by atoms with Crippen molar-refractivity contribution >= 4 is 23.2 Å². The Bertz CT molecular complexity index is 1640. The number of rotatable bonds is 5. The molecule has 0 spiro atoms. The first-order chi connectivity index (χ1) is 19.1. The Hall–Kier alpha value is -4.25. The molecule has 206 valence electrons. The molecule has 4 atom stereocenters. The van der Waals surface area contributed by atoms with Crippen LogP contribution in [0.4, 0.5) is 14.6 Å². The van der Waals surface area contributed by atoms with Crippen LogP contribution >= 0.6 is 0 Å². The molecular weight excluding hydrogens is 518 g/mol. The molecule has 1 aromatic carbocycles. The lowest BCUT2D eigenvalue weighted by atomic mass is 9.85. The lowest BCUT2D eigenvalue weighted by Crippen LogP contribution is -2.49. The molecule has 3 N–H and O–H groups in total. The van der Waals surface area contributed by atoms with Crippen molar-refractivity contribution in [3.63, 3.8) is 0 Å². The van der Waals surface area contributed by atoms with E-state index >= 15 is 0 Å². The van der Waals surface area contributed by atoms with Gasteiger partial charge in [-0.3, -0.25) is 14.6 Å². The maximum atomic E-state index is 14.3. The predicted octanol–water partition coefficient (Wildman–Crippen LogP) is 4.14. The summed E-state index contributed by atoms with van der Waals surface area (Å²) in [5.74, 6) is -1.78. The number of fused-ring (bicyclic) bond motifs is 3. The molecular formula is C29H28F2N6O3. The first kappa shape index (κ1) is 26.0. The van der Waals surface area contributed by atoms with Gasteiger partial charge in [0.15, 0.2) is 11.4 Å². The van der Waals surface area contributed by atoms with Gasteiger partial charge >= 0.3 is 0 Å². The van der Waals surface area contributed by atoms with Gasteiger partial charge in [0.1, 0.15) is 23.6 Å². The van der Waals surface area contributed by atoms with Crippen LogP contribution in [-0.2, 0) is 4.79 Å². The molecule has 0 radical (unpaired) electrons. The fourth-order valence-electron chi connectivity index (χ4n) is 6.28. The largest absolute Gasteiger partial charge is 0.384 e. The lowest BCUT2D eigenvalue weighted by molar-refractivity contribution is -0.144. The van der Waals surface area contributed by atoms with Gasteiger partial charge in [0.25, 0.3) is 5.91 Å². The average Bonchev–Trinajstić information content (AvgIpc) is 3.46. The highest BCUT2D eigenvalue weighted by Gasteiger charge is 2.45. The van der Waals surface area contributed by atoms with E-state index in [0.29, 0.717) is 46.6 Å². The number of benzene rings is 1. The van der Waals surface area contributed by atoms with Crippen LogP contribution < -0.4 is 5.73 Å². The van der Waals surface area contributed by atoms with Gasteiger partial charge in [-0.25, -0.2) is 13.8 Å². The molecule has 0 unspecified atom stereocenters. The van der Waals surface area contributed by atoms with E-state index in [1.807, 2.05) is 0 Å². The SMILES string of the molecule is CC(=O)c1c([C@@H]2C[C@H]3CC[C@@H](C2)N3C(=O)[C@@H](C)O)nc2c(-c3ccc(-c4ccc(F)cc4F)nc3)cnn2c1N. The zero-order chi connectivity index (χ0) is 28.3. The van der Waals surface area contributed by atoms with Crippen LogP contribution in [-0.4, -0.2) is 59.5 Å². The van der Waals surface area contributed by atoms with Crippen molar-refractivity contribution in [3.05, 3.63) is 65.6 Å². The van der Waals surface area contributed by atoms with Crippen LogP contribution in [0.25, 0.3) is 28.0 Å². The Morgan fingerprint density at radius 1 is 1.07 bits per heavy atom. The Labute approximate surface area is 228 Å². The van der Waals surface area contributed by atoms with Gasteiger partial charge in [-0.15, -0.1) is 0 Å². The predicted molar refractivity (Wildman–Crippen MR) is 143 cm³/mol. The summed E-state index contributed by atoms with van der Waals surface area (Å²) >= 11 is 0. The van der Waals surface area contributed by atoms with E-state index in [1.54, 1.807) is 29.4 Å². The minimum Gasteiger partial charge on any atom is -0.384 e. The Balaban J connectivity index is 1.39. The van der Waals surface area contributed by atoms with E-state index in [4.69, 9.17) is 10.7 Å². The molecule has 3 aromatic heterocycles. The number of pyridine rings is 1. The summed E-state index contributed by atoms with van der Waals surface area (Å²) in [7, 11) is 0. The first-order valence-electron chi connectivity index (χ1n) is 13.2. The number of nitrogens with zero attached hydrogens (tertiary/aromatic N) is 5. The Morgan fingerprint density at radius 2 is 1.80 bits per heavy atom. The number of ketones is 1. The number of hydrogen-bond donors (Lipinski definition) is 2. The van der Waals surface area contributed by atoms with Crippen LogP contribution in [0.2, 0.25) is 0 Å². The number of Topliss-reactive ketones (excluding diaryl/α,β-unsaturated/α-hetero) is 1. The van der Waals surface area contributed by atoms with Crippen LogP contribution in [0.3, 0.4) is 0 Å². The smallest absolute Gasteiger partial charge is 0.251 e. The van der Waals surface area contributed by atoms with Crippen molar-refractivity contribution in [3.8, 4) is 22.4 Å². The summed E-state index contributed by atoms with van der Waals surface area (Å²) in [6, 6.07) is 6.63. The second-order valence-corrected chi connectivity index (χ2v) is 10.6. The second-order valence-electron chi connectivity index (χ2n) is 10.6. The van der Waals surface area contributed by atoms with Crippen molar-refractivity contribution < 1.29 is 23.5 Å². The van der Waals surface area contributed by atoms with Gasteiger partial charge in [-0.1, -0.05) is 6.07 Å². The molecule has 40 heavy (non-hydrogen) atoms. The number of halogens is 2. The Kier molecular flexibility index (Phi) is 6.33. The number of aliphatic hydroxyl groups excluding tert-OH is 1. The van der Waals surface area contributed by atoms with Gasteiger partial charge in [-0.05, 0) is 57.7 Å². The molecule has 2 saturated heterocycles. The maximum Gasteiger partial charge on any atom is 0.251 e. The van der Waals surface area contributed by atoms with E-state index < -0.39 is 17.7 Å². The minimum absolute atomic E-state index is 0.0436. The van der Waals surface area contributed by atoms with Crippen molar-refractivity contribution in [2.75, 3.05) is 5.73 Å². The van der Waals surface area contributed by atoms with Crippen LogP contribution in [0.15, 0.2) is 42.7 Å². The van der Waals surface area contributed by atoms with Crippen LogP contribution in [0.1, 0.15) is 61.5 Å². The highest BCUT2D eigenvalue weighted by molar-refractivity contribution is 6.00. The minimum atomic E-state index is -1.06. The molecule has 2 bridgehead atoms. The third-order valence-electron chi connectivity index (χ3n) is 8.08. The number of anilines is 1. The first-order valence-corrected chi connectivity index (χ1v) is 13.2. The third kappa shape index (κ3) is 4.21. The molecule has 5 heterocycles. The van der Waals surface area contributed by atoms with E-state index in [9.17, 15) is 23.5 Å². The van der Waals surface area contributed by atoms with Crippen molar-refractivity contribution in [1.29, 1.82) is 0 Å². The van der Waals surface area contributed by atoms with E-state index in [2.05, 4.69) is 10.1 Å². The number of piperidine rings is 1. The van der Waals surface area contributed by atoms with Crippen LogP contribution in [0, 0.1) is 11.6 Å². The summed E-state index contributed by atoms with van der Waals surface area (Å²) < 4.78 is 29.0. The van der Waals surface area contributed by atoms with Crippen molar-refractivity contribution in [1.82, 2.24) is 24.5 Å². The molecule has 6 rings (SSSR count). The zero-order valence-electron chi connectivity index (χ0n) is 22.0. The summed E-state index contributed by atoms with van der Waals surface area (Å²) in [6.07, 6.45) is 4.98. The molecule has 2 aliphatic rings. The maximum absolute atomic E-state index is 14.3. The molecule has 2 fully saturated rings. The molecule has 0 aliphatic carbocycles. The highest BCUT2D eigenvalue weighted by atomic mass is 19.1. The topological polar surface area (TPSA) is 127 Å². The number of amides is 1. The number of hydrogen-bond acceptors (Lipinski definition) is 7. The summed E-state index contributed by atoms with van der Waals surface area (Å²) in [6.45, 7) is 2.93. The number of aliphatic hydroxyl groups is 1. The lowest BCUT2D eigenvalue weighted by Gasteiger charge is -2.39. The summed E-state index contributed by atoms with van der Waals surface area (Å²) in [5.41, 5.74) is 9.67. The normalized spacial score (nSPS) is 21.1. The van der Waals surface area contributed by atoms with E-state index in [0.717, 1.165) is 18.9 Å². The van der Waals surface area contributed by atoms with Gasteiger partial charge in [-0.2, -0.15) is 9.61 Å². The van der Waals surface area contributed by atoms with Gasteiger partial charge in [0.2, 0.25) is 0 Å². The molecule has 2 aliphatic heterocycles. The average molecular weight is 547 g/mol. The number of aromatic nitrogens is 4. The van der Waals surface area contributed by atoms with E-state index in [-0.39, 0.29) is 41.1 Å². The summed E-state index contributed by atoms with van der Waals surface area (Å²) in [5, 5.41) is 14.3. The standard InChI is InChI=1S/C29H28F2N6O3/c1-14(38)25-26(17-9-19-5-6-20(10-17)36(19)29(40)15(2)39)35-28-22(13-34-37(28)27(25)32)16-3-8-24(33-12-16)21-7-4-18(30)11-23(21)31/h3-4,7-8,11-13,15,17,19-20,39H,5-6,9-10,32H2,1-2H3/t15-,17-,19-,20+/m1/s1. The fraction of sp³-hybridized carbons (Fsp3) is 0.345. The monoisotopic (exact) mass is 546 g/mol. The quantitative estimate of drug-likeness (QED) is 0.360. The number of carbonyl (C=O) groups excluding carboxylic acids is 2. The van der Waals surface area contributed by atoms with Gasteiger partial charge in [0, 0.05) is 47.0 Å². The van der Waals surface area contributed by atoms with Crippen molar-refractivity contribution in [2.24, 2.45) is 0 Å². The molecule has 0 saturated carbocycles. The molecule has 4 aromatic rings. The van der Waals surface area contributed by atoms with Gasteiger partial charge < -0.3 is 15.7 Å². The van der Waals surface area contributed by atoms with Gasteiger partial charge in [0.05, 0.1) is 23.1 Å². The molecule has 9 nitrogen and oxygen atoms in total. The zero-order valence-corrected chi connectivity index (χ0v) is 22.0. The van der Waals surface area contributed by atoms with Crippen LogP contribution in [0.5, 0.6) is 0 Å². The third-order valence-corrected chi connectivity index (χ3v) is 8.08. The molecule has 11 heteroatoms. The fourth-order valence-corrected chi connectivity index (χ4v) is 6.28. The van der Waals surface area contributed by atoms with E-state index in [1.165, 1.54) is 30.5 Å². The number of carbonyl (C=O) groups is 2. The summed E-state index contributed by atoms with van der Waals surface area (Å²) in [4.78, 5) is 36.6. The highest BCUT2D eigenvalue weighted by Crippen LogP contribution is 2.45. The van der Waals surface area contributed by atoms with Crippen molar-refractivity contribution in [2.45, 2.75) is 63.6 Å². The molecule has 1 amide bonds. The number of nitrogens with two attached hydrogens (primary N) is 1. The second kappa shape index (κ2) is 9.74.